The first kappa shape index (κ1) is 47.0. The zero-order valence-electron chi connectivity index (χ0n) is 38.6. The number of hydrogen-bond donors (Lipinski definition) is 3. The fourth-order valence-electron chi connectivity index (χ4n) is 9.05. The van der Waals surface area contributed by atoms with Crippen molar-refractivity contribution in [2.75, 3.05) is 78.3 Å². The van der Waals surface area contributed by atoms with Crippen LogP contribution in [0, 0.1) is 6.92 Å². The van der Waals surface area contributed by atoms with Crippen LogP contribution in [-0.4, -0.2) is 139 Å². The molecule has 3 aliphatic rings. The molecule has 1 saturated heterocycles. The van der Waals surface area contributed by atoms with Crippen LogP contribution < -0.4 is 10.6 Å². The number of imide groups is 2. The van der Waals surface area contributed by atoms with Crippen LogP contribution in [0.2, 0.25) is 0 Å². The van der Waals surface area contributed by atoms with E-state index in [1.165, 1.54) is 0 Å². The third-order valence-corrected chi connectivity index (χ3v) is 12.7. The van der Waals surface area contributed by atoms with Gasteiger partial charge in [-0.25, -0.2) is 0 Å². The van der Waals surface area contributed by atoms with Gasteiger partial charge in [-0.3, -0.25) is 43.7 Å². The average Bonchev–Trinajstić information content (AvgIpc) is 4.01. The molecular formula is C50H57N7O10. The number of aryl methyl sites for hydroxylation is 2. The second kappa shape index (κ2) is 20.1. The highest BCUT2D eigenvalue weighted by atomic mass is 16.6. The van der Waals surface area contributed by atoms with Crippen molar-refractivity contribution in [2.45, 2.75) is 65.0 Å². The van der Waals surface area contributed by atoms with Gasteiger partial charge < -0.3 is 34.1 Å². The van der Waals surface area contributed by atoms with E-state index in [0.29, 0.717) is 71.6 Å². The van der Waals surface area contributed by atoms with Crippen LogP contribution in [0.1, 0.15) is 92.6 Å². The van der Waals surface area contributed by atoms with Gasteiger partial charge >= 0.3 is 0 Å². The van der Waals surface area contributed by atoms with Crippen molar-refractivity contribution >= 4 is 51.9 Å². The van der Waals surface area contributed by atoms with Gasteiger partial charge in [0.05, 0.1) is 75.7 Å². The number of aromatic nitrogens is 3. The molecule has 1 aliphatic carbocycles. The number of carbonyl (C=O) groups excluding carboxylic acids is 6. The van der Waals surface area contributed by atoms with Crippen LogP contribution in [0.5, 0.6) is 0 Å². The van der Waals surface area contributed by atoms with E-state index >= 15 is 0 Å². The minimum absolute atomic E-state index is 0.0375. The summed E-state index contributed by atoms with van der Waals surface area (Å²) in [4.78, 5) is 83.5. The zero-order chi connectivity index (χ0) is 47.4. The molecule has 3 N–H and O–H groups in total. The number of fused-ring (bicyclic) bond motifs is 5. The number of ether oxygens (including phenoxy) is 4. The molecule has 2 aromatic heterocycles. The summed E-state index contributed by atoms with van der Waals surface area (Å²) in [6.07, 6.45) is 4.55. The van der Waals surface area contributed by atoms with Gasteiger partial charge in [0, 0.05) is 71.6 Å². The summed E-state index contributed by atoms with van der Waals surface area (Å²) < 4.78 is 24.2. The lowest BCUT2D eigenvalue weighted by molar-refractivity contribution is -0.136. The molecule has 352 valence electrons. The van der Waals surface area contributed by atoms with E-state index < -0.39 is 35.1 Å². The Hall–Kier alpha value is -6.53. The highest BCUT2D eigenvalue weighted by molar-refractivity contribution is 6.25. The van der Waals surface area contributed by atoms with Crippen molar-refractivity contribution in [2.24, 2.45) is 0 Å². The van der Waals surface area contributed by atoms with Crippen molar-refractivity contribution in [3.8, 4) is 11.1 Å². The van der Waals surface area contributed by atoms with E-state index in [4.69, 9.17) is 18.9 Å². The van der Waals surface area contributed by atoms with Gasteiger partial charge in [0.25, 0.3) is 11.8 Å². The van der Waals surface area contributed by atoms with Crippen LogP contribution in [0.25, 0.3) is 22.0 Å². The molecule has 17 nitrogen and oxygen atoms in total. The molecule has 2 aliphatic heterocycles. The summed E-state index contributed by atoms with van der Waals surface area (Å²) >= 11 is 0. The van der Waals surface area contributed by atoms with Crippen molar-refractivity contribution in [1.29, 1.82) is 0 Å². The Labute approximate surface area is 388 Å². The quantitative estimate of drug-likeness (QED) is 0.0671. The van der Waals surface area contributed by atoms with E-state index in [2.05, 4.69) is 53.6 Å². The predicted molar refractivity (Wildman–Crippen MR) is 248 cm³/mol. The van der Waals surface area contributed by atoms with E-state index in [1.807, 2.05) is 31.3 Å². The van der Waals surface area contributed by atoms with Crippen LogP contribution >= 0.6 is 0 Å². The number of nitrogens with zero attached hydrogens (tertiary/aromatic N) is 4. The molecule has 17 heteroatoms. The van der Waals surface area contributed by atoms with Gasteiger partial charge in [-0.1, -0.05) is 39.0 Å². The van der Waals surface area contributed by atoms with Gasteiger partial charge in [-0.15, -0.1) is 0 Å². The topological polar surface area (TPSA) is 203 Å². The molecule has 0 saturated carbocycles. The smallest absolute Gasteiger partial charge is 0.264 e. The normalized spacial score (nSPS) is 16.3. The number of carbonyl (C=O) groups is 6. The molecule has 0 radical (unpaired) electrons. The predicted octanol–water partition coefficient (Wildman–Crippen LogP) is 4.81. The number of hydrogen-bond acceptors (Lipinski definition) is 12. The highest BCUT2D eigenvalue weighted by Gasteiger charge is 2.46. The number of rotatable bonds is 21. The first-order chi connectivity index (χ1) is 32.3. The first-order valence-corrected chi connectivity index (χ1v) is 22.8. The monoisotopic (exact) mass is 915 g/mol. The molecule has 1 atom stereocenters. The number of ketones is 1. The maximum Gasteiger partial charge on any atom is 0.264 e. The summed E-state index contributed by atoms with van der Waals surface area (Å²) in [6, 6.07) is 14.2. The summed E-state index contributed by atoms with van der Waals surface area (Å²) in [5.41, 5.74) is 8.84. The van der Waals surface area contributed by atoms with E-state index in [1.54, 1.807) is 41.0 Å². The summed E-state index contributed by atoms with van der Waals surface area (Å²) in [6.45, 7) is 12.1. The summed E-state index contributed by atoms with van der Waals surface area (Å²) in [5, 5.41) is 10.8. The SMILES string of the molecule is CCc1cc2c(cc1-c1cnn(CC(=O)N(C)CCOCCOCCOCCOCCNc3cccc4c3C(=O)N(C3CCC(=O)NC3=O)C4=O)c1)C(C)(C)c1[nH]c3cc(C)ccc3c1C2=O. The second-order valence-electron chi connectivity index (χ2n) is 17.6. The maximum absolute atomic E-state index is 14.0. The number of anilines is 1. The van der Waals surface area contributed by atoms with Gasteiger partial charge in [-0.05, 0) is 72.4 Å². The summed E-state index contributed by atoms with van der Waals surface area (Å²) in [5.74, 6) is -2.27. The minimum atomic E-state index is -1.03. The molecular weight excluding hydrogens is 859 g/mol. The molecule has 0 spiro atoms. The minimum Gasteiger partial charge on any atom is -0.382 e. The van der Waals surface area contributed by atoms with Gasteiger partial charge in [0.15, 0.2) is 5.78 Å². The zero-order valence-corrected chi connectivity index (χ0v) is 38.6. The van der Waals surface area contributed by atoms with Gasteiger partial charge in [-0.2, -0.15) is 5.10 Å². The van der Waals surface area contributed by atoms with E-state index in [9.17, 15) is 28.8 Å². The largest absolute Gasteiger partial charge is 0.382 e. The number of amides is 5. The molecule has 3 aromatic carbocycles. The van der Waals surface area contributed by atoms with E-state index in [-0.39, 0.29) is 42.2 Å². The fraction of sp³-hybridized carbons (Fsp3) is 0.420. The first-order valence-electron chi connectivity index (χ1n) is 22.8. The van der Waals surface area contributed by atoms with Gasteiger partial charge in [0.2, 0.25) is 17.7 Å². The maximum atomic E-state index is 14.0. The Kier molecular flexibility index (Phi) is 14.1. The molecule has 1 unspecified atom stereocenters. The lowest BCUT2D eigenvalue weighted by Crippen LogP contribution is -2.54. The molecule has 1 fully saturated rings. The number of likely N-dealkylation sites (N-methyl/N-ethyl adjacent to an activating group) is 1. The van der Waals surface area contributed by atoms with Crippen molar-refractivity contribution in [1.82, 2.24) is 29.9 Å². The Balaban J connectivity index is 0.692. The lowest BCUT2D eigenvalue weighted by Gasteiger charge is -2.33. The fourth-order valence-corrected chi connectivity index (χ4v) is 9.05. The van der Waals surface area contributed by atoms with E-state index in [0.717, 1.165) is 66.9 Å². The van der Waals surface area contributed by atoms with Crippen LogP contribution in [0.3, 0.4) is 0 Å². The van der Waals surface area contributed by atoms with Crippen molar-refractivity contribution in [3.05, 3.63) is 106 Å². The van der Waals surface area contributed by atoms with Crippen molar-refractivity contribution in [3.63, 3.8) is 0 Å². The molecule has 8 rings (SSSR count). The number of benzene rings is 3. The number of aromatic amines is 1. The Morgan fingerprint density at radius 1 is 0.866 bits per heavy atom. The summed E-state index contributed by atoms with van der Waals surface area (Å²) in [7, 11) is 1.74. The van der Waals surface area contributed by atoms with Gasteiger partial charge in [0.1, 0.15) is 12.6 Å². The third-order valence-electron chi connectivity index (χ3n) is 12.7. The second-order valence-corrected chi connectivity index (χ2v) is 17.6. The number of nitrogens with one attached hydrogen (secondary N) is 3. The third kappa shape index (κ3) is 9.68. The van der Waals surface area contributed by atoms with Crippen LogP contribution in [0.4, 0.5) is 5.69 Å². The lowest BCUT2D eigenvalue weighted by atomic mass is 9.70. The molecule has 0 bridgehead atoms. The number of H-pyrrole nitrogens is 1. The molecule has 5 amide bonds. The number of piperidine rings is 1. The molecule has 4 heterocycles. The molecule has 67 heavy (non-hydrogen) atoms. The Morgan fingerprint density at radius 2 is 1.58 bits per heavy atom. The average molecular weight is 916 g/mol. The Morgan fingerprint density at radius 3 is 2.30 bits per heavy atom. The van der Waals surface area contributed by atoms with Crippen LogP contribution in [-0.2, 0) is 51.7 Å². The Bertz CT molecular complexity index is 2740. The highest BCUT2D eigenvalue weighted by Crippen LogP contribution is 2.46. The van der Waals surface area contributed by atoms with Crippen molar-refractivity contribution < 1.29 is 47.7 Å². The van der Waals surface area contributed by atoms with Crippen LogP contribution in [0.15, 0.2) is 60.9 Å². The molecule has 5 aromatic rings. The standard InChI is InChI=1S/C50H57N7O10/c1-6-31-25-36-37(50(3,4)46-44(45(36)60)33-11-10-30(2)24-39(33)53-46)26-35(31)32-27-52-56(28-32)29-42(59)55(5)15-17-65-19-21-67-23-22-66-20-18-64-16-14-51-38-9-7-8-34-43(38)49(63)57(48(34)62)40-12-13-41(58)54-47(40)61/h7-11,24-28,40,51,53H,6,12-23,29H2,1-5H3,(H,54,58,61).